The maximum atomic E-state index is 6.54. The van der Waals surface area contributed by atoms with Crippen LogP contribution < -0.4 is 5.73 Å². The number of rotatable bonds is 6. The molecule has 0 aliphatic rings. The molecule has 5 aromatic rings. The van der Waals surface area contributed by atoms with Crippen LogP contribution in [0.5, 0.6) is 0 Å². The van der Waals surface area contributed by atoms with E-state index in [1.165, 1.54) is 5.56 Å². The van der Waals surface area contributed by atoms with Gasteiger partial charge in [0.1, 0.15) is 12.1 Å². The molecule has 7 nitrogen and oxygen atoms in total. The van der Waals surface area contributed by atoms with E-state index in [1.807, 2.05) is 30.1 Å². The topological polar surface area (TPSA) is 85.8 Å². The van der Waals surface area contributed by atoms with E-state index < -0.39 is 0 Å². The van der Waals surface area contributed by atoms with Crippen LogP contribution in [0.15, 0.2) is 67.3 Å². The van der Waals surface area contributed by atoms with E-state index in [2.05, 4.69) is 83.5 Å². The number of nitrogens with zero attached hydrogens (tertiary/aromatic N) is 6. The molecular weight excluding hydrogens is 434 g/mol. The molecule has 0 spiro atoms. The molecule has 176 valence electrons. The Kier molecular flexibility index (Phi) is 6.01. The second-order valence-electron chi connectivity index (χ2n) is 9.17. The van der Waals surface area contributed by atoms with Crippen molar-refractivity contribution in [3.05, 3.63) is 78.5 Å². The van der Waals surface area contributed by atoms with Gasteiger partial charge in [-0.2, -0.15) is 5.10 Å². The van der Waals surface area contributed by atoms with Crippen molar-refractivity contribution < 1.29 is 0 Å². The molecule has 35 heavy (non-hydrogen) atoms. The lowest BCUT2D eigenvalue weighted by Gasteiger charge is -2.15. The van der Waals surface area contributed by atoms with Crippen molar-refractivity contribution in [2.24, 2.45) is 0 Å². The minimum atomic E-state index is 0.483. The lowest BCUT2D eigenvalue weighted by molar-refractivity contribution is 0.373. The minimum absolute atomic E-state index is 0.483. The van der Waals surface area contributed by atoms with E-state index in [4.69, 9.17) is 10.7 Å². The smallest absolute Gasteiger partial charge is 0.132 e. The number of hydrogen-bond acceptors (Lipinski definition) is 6. The third-order valence-electron chi connectivity index (χ3n) is 6.24. The summed E-state index contributed by atoms with van der Waals surface area (Å²) >= 11 is 0. The van der Waals surface area contributed by atoms with Crippen molar-refractivity contribution in [2.75, 3.05) is 26.4 Å². The number of hydrogen-bond donors (Lipinski definition) is 1. The summed E-state index contributed by atoms with van der Waals surface area (Å²) in [5.41, 5.74) is 15.3. The first-order valence-electron chi connectivity index (χ1n) is 11.7. The number of benzene rings is 2. The Balaban J connectivity index is 1.67. The van der Waals surface area contributed by atoms with Crippen molar-refractivity contribution in [1.29, 1.82) is 0 Å². The Labute approximate surface area is 205 Å². The first-order valence-corrected chi connectivity index (χ1v) is 11.7. The van der Waals surface area contributed by atoms with E-state index in [0.29, 0.717) is 5.82 Å². The van der Waals surface area contributed by atoms with Gasteiger partial charge in [-0.25, -0.2) is 15.0 Å². The number of likely N-dealkylation sites (N-methyl/N-ethyl adjacent to an activating group) is 1. The van der Waals surface area contributed by atoms with Crippen LogP contribution in [0.25, 0.3) is 44.4 Å². The zero-order valence-corrected chi connectivity index (χ0v) is 20.5. The first-order chi connectivity index (χ1) is 16.9. The van der Waals surface area contributed by atoms with E-state index in [1.54, 1.807) is 6.33 Å². The van der Waals surface area contributed by atoms with Crippen molar-refractivity contribution in [3.63, 3.8) is 0 Å². The van der Waals surface area contributed by atoms with Gasteiger partial charge in [0.15, 0.2) is 0 Å². The van der Waals surface area contributed by atoms with Crippen LogP contribution >= 0.6 is 0 Å². The van der Waals surface area contributed by atoms with Gasteiger partial charge >= 0.3 is 0 Å². The van der Waals surface area contributed by atoms with Crippen LogP contribution in [0.2, 0.25) is 0 Å². The third kappa shape index (κ3) is 4.63. The van der Waals surface area contributed by atoms with Gasteiger partial charge < -0.3 is 10.6 Å². The Morgan fingerprint density at radius 2 is 1.66 bits per heavy atom. The molecule has 0 unspecified atom stereocenters. The average Bonchev–Trinajstić information content (AvgIpc) is 3.32. The van der Waals surface area contributed by atoms with Crippen LogP contribution in [-0.2, 0) is 6.54 Å². The largest absolute Gasteiger partial charge is 0.383 e. The van der Waals surface area contributed by atoms with E-state index in [0.717, 1.165) is 63.2 Å². The molecule has 0 aliphatic carbocycles. The summed E-state index contributed by atoms with van der Waals surface area (Å²) in [6.45, 7) is 5.79. The van der Waals surface area contributed by atoms with Gasteiger partial charge in [0.25, 0.3) is 0 Å². The van der Waals surface area contributed by atoms with Gasteiger partial charge in [-0.05, 0) is 51.7 Å². The second kappa shape index (κ2) is 9.27. The molecule has 2 N–H and O–H groups in total. The molecule has 0 saturated heterocycles. The maximum absolute atomic E-state index is 6.54. The van der Waals surface area contributed by atoms with Crippen LogP contribution in [-0.4, -0.2) is 50.3 Å². The Hall–Kier alpha value is -4.10. The van der Waals surface area contributed by atoms with Crippen LogP contribution in [0, 0.1) is 13.8 Å². The highest BCUT2D eigenvalue weighted by atomic mass is 15.3. The average molecular weight is 464 g/mol. The Morgan fingerprint density at radius 1 is 0.886 bits per heavy atom. The Morgan fingerprint density at radius 3 is 2.43 bits per heavy atom. The van der Waals surface area contributed by atoms with Crippen molar-refractivity contribution in [3.8, 4) is 33.5 Å². The second-order valence-corrected chi connectivity index (χ2v) is 9.17. The van der Waals surface area contributed by atoms with E-state index in [-0.39, 0.29) is 0 Å². The van der Waals surface area contributed by atoms with Gasteiger partial charge in [-0.1, -0.05) is 35.9 Å². The number of nitrogens with two attached hydrogens (primary N) is 1. The quantitative estimate of drug-likeness (QED) is 0.382. The molecule has 0 radical (unpaired) electrons. The molecule has 7 heteroatoms. The lowest BCUT2D eigenvalue weighted by Crippen LogP contribution is -2.18. The molecule has 0 atom stereocenters. The van der Waals surface area contributed by atoms with Crippen LogP contribution in [0.1, 0.15) is 11.3 Å². The zero-order valence-electron chi connectivity index (χ0n) is 20.5. The van der Waals surface area contributed by atoms with Gasteiger partial charge in [0.05, 0.1) is 24.0 Å². The minimum Gasteiger partial charge on any atom is -0.383 e. The maximum Gasteiger partial charge on any atom is 0.132 e. The highest BCUT2D eigenvalue weighted by Crippen LogP contribution is 2.38. The summed E-state index contributed by atoms with van der Waals surface area (Å²) in [4.78, 5) is 15.8. The van der Waals surface area contributed by atoms with Gasteiger partial charge in [-0.3, -0.25) is 4.68 Å². The summed E-state index contributed by atoms with van der Waals surface area (Å²) in [7, 11) is 4.11. The number of aryl methyl sites for hydroxylation is 2. The summed E-state index contributed by atoms with van der Waals surface area (Å²) in [5, 5.41) is 5.56. The number of anilines is 1. The van der Waals surface area contributed by atoms with Gasteiger partial charge in [0.2, 0.25) is 0 Å². The fraction of sp³-hybridized carbons (Fsp3) is 0.214. The predicted octanol–water partition coefficient (Wildman–Crippen LogP) is 4.98. The van der Waals surface area contributed by atoms with Crippen molar-refractivity contribution in [2.45, 2.75) is 20.4 Å². The molecular formula is C28H29N7. The van der Waals surface area contributed by atoms with E-state index >= 15 is 0 Å². The summed E-state index contributed by atoms with van der Waals surface area (Å²) in [6, 6.07) is 16.8. The molecule has 0 bridgehead atoms. The fourth-order valence-electron chi connectivity index (χ4n) is 4.19. The van der Waals surface area contributed by atoms with Gasteiger partial charge in [-0.15, -0.1) is 0 Å². The number of pyridine rings is 1. The van der Waals surface area contributed by atoms with Crippen molar-refractivity contribution >= 4 is 16.7 Å². The third-order valence-corrected chi connectivity index (χ3v) is 6.24. The Bertz CT molecular complexity index is 1500. The molecule has 0 aliphatic heterocycles. The highest BCUT2D eigenvalue weighted by Gasteiger charge is 2.17. The monoisotopic (exact) mass is 463 g/mol. The lowest BCUT2D eigenvalue weighted by atomic mass is 9.94. The molecule has 0 fully saturated rings. The van der Waals surface area contributed by atoms with Crippen LogP contribution in [0.4, 0.5) is 5.82 Å². The van der Waals surface area contributed by atoms with Gasteiger partial charge in [0, 0.05) is 46.1 Å². The molecule has 3 aromatic heterocycles. The molecule has 5 rings (SSSR count). The van der Waals surface area contributed by atoms with Crippen molar-refractivity contribution in [1.82, 2.24) is 29.6 Å². The van der Waals surface area contributed by atoms with Crippen LogP contribution in [0.3, 0.4) is 0 Å². The standard InChI is InChI=1S/C28H29N7/c1-18-5-7-20(8-6-18)27-24(21-9-10-26-23(13-21)19(2)30-17-31-26)14-25(28(29)33-27)22-15-32-35(16-22)12-11-34(3)4/h5-10,13-17H,11-12H2,1-4H3,(H2,29,33). The summed E-state index contributed by atoms with van der Waals surface area (Å²) < 4.78 is 1.94. The molecule has 3 heterocycles. The highest BCUT2D eigenvalue weighted by molar-refractivity contribution is 5.92. The first kappa shape index (κ1) is 22.7. The summed E-state index contributed by atoms with van der Waals surface area (Å²) in [5.74, 6) is 0.483. The fourth-order valence-corrected chi connectivity index (χ4v) is 4.19. The SMILES string of the molecule is Cc1ccc(-c2nc(N)c(-c3cnn(CCN(C)C)c3)cc2-c2ccc3ncnc(C)c3c2)cc1. The number of nitrogen functional groups attached to an aromatic ring is 1. The zero-order chi connectivity index (χ0) is 24.5. The molecule has 2 aromatic carbocycles. The van der Waals surface area contributed by atoms with E-state index in [9.17, 15) is 0 Å². The number of fused-ring (bicyclic) bond motifs is 1. The summed E-state index contributed by atoms with van der Waals surface area (Å²) in [6.07, 6.45) is 5.49. The predicted molar refractivity (Wildman–Crippen MR) is 142 cm³/mol. The molecule has 0 saturated carbocycles. The molecule has 0 amide bonds. The normalized spacial score (nSPS) is 11.5. The number of aromatic nitrogens is 5.